The molecule has 1 heterocycles. The maximum absolute atomic E-state index is 12.3. The molecule has 4 rings (SSSR count). The molecule has 1 aliphatic heterocycles. The largest absolute Gasteiger partial charge is 0.493 e. The topological polar surface area (TPSA) is 75.6 Å². The summed E-state index contributed by atoms with van der Waals surface area (Å²) in [6, 6.07) is 20.5. The fraction of sp³-hybridized carbons (Fsp3) is 0.185. The Morgan fingerprint density at radius 1 is 0.853 bits per heavy atom. The molecule has 1 aliphatic rings. The van der Waals surface area contributed by atoms with Gasteiger partial charge in [0, 0.05) is 5.56 Å². The molecular formula is C27H25NO6. The third kappa shape index (κ3) is 5.20. The predicted octanol–water partition coefficient (Wildman–Crippen LogP) is 4.81. The molecule has 0 radical (unpaired) electrons. The Bertz CT molecular complexity index is 1210. The van der Waals surface area contributed by atoms with Crippen LogP contribution in [0.5, 0.6) is 23.0 Å². The van der Waals surface area contributed by atoms with Crippen LogP contribution in [0, 0.1) is 6.92 Å². The van der Waals surface area contributed by atoms with Crippen LogP contribution in [0.4, 0.5) is 0 Å². The lowest BCUT2D eigenvalue weighted by Gasteiger charge is -2.16. The van der Waals surface area contributed by atoms with E-state index in [-0.39, 0.29) is 11.6 Å². The minimum atomic E-state index is -0.523. The van der Waals surface area contributed by atoms with E-state index in [1.165, 1.54) is 14.2 Å². The van der Waals surface area contributed by atoms with E-state index in [2.05, 4.69) is 4.99 Å². The van der Waals surface area contributed by atoms with E-state index >= 15 is 0 Å². The van der Waals surface area contributed by atoms with Gasteiger partial charge in [0.25, 0.3) is 0 Å². The molecule has 0 spiro atoms. The minimum absolute atomic E-state index is 0.184. The number of para-hydroxylation sites is 1. The summed E-state index contributed by atoms with van der Waals surface area (Å²) in [4.78, 5) is 16.7. The second kappa shape index (κ2) is 10.6. The minimum Gasteiger partial charge on any atom is -0.493 e. The molecule has 7 nitrogen and oxygen atoms in total. The molecule has 3 aromatic carbocycles. The van der Waals surface area contributed by atoms with Crippen LogP contribution < -0.4 is 18.9 Å². The van der Waals surface area contributed by atoms with E-state index in [9.17, 15) is 4.79 Å². The molecule has 0 bridgehead atoms. The first-order chi connectivity index (χ1) is 16.6. The molecule has 0 unspecified atom stereocenters. The SMILES string of the molecule is COc1cc(/C=C2/N=C(c3ccccc3)OC2=O)cc(OC)c1OCCOc1ccccc1C. The van der Waals surface area contributed by atoms with Crippen molar-refractivity contribution < 1.29 is 28.5 Å². The van der Waals surface area contributed by atoms with Crippen molar-refractivity contribution in [3.8, 4) is 23.0 Å². The Kier molecular flexibility index (Phi) is 7.13. The highest BCUT2D eigenvalue weighted by molar-refractivity contribution is 6.12. The van der Waals surface area contributed by atoms with Gasteiger partial charge in [0.1, 0.15) is 19.0 Å². The van der Waals surface area contributed by atoms with E-state index in [1.54, 1.807) is 18.2 Å². The van der Waals surface area contributed by atoms with Crippen molar-refractivity contribution in [3.05, 3.63) is 89.1 Å². The third-order valence-electron chi connectivity index (χ3n) is 5.11. The molecule has 0 aromatic heterocycles. The summed E-state index contributed by atoms with van der Waals surface area (Å²) < 4.78 is 28.1. The van der Waals surface area contributed by atoms with E-state index in [0.29, 0.717) is 36.0 Å². The molecule has 0 amide bonds. The van der Waals surface area contributed by atoms with Crippen LogP contribution in [0.3, 0.4) is 0 Å². The number of nitrogens with zero attached hydrogens (tertiary/aromatic N) is 1. The van der Waals surface area contributed by atoms with E-state index < -0.39 is 5.97 Å². The summed E-state index contributed by atoms with van der Waals surface area (Å²) in [5, 5.41) is 0. The lowest BCUT2D eigenvalue weighted by atomic mass is 10.1. The number of rotatable bonds is 9. The van der Waals surface area contributed by atoms with Crippen molar-refractivity contribution in [2.24, 2.45) is 4.99 Å². The molecule has 0 saturated carbocycles. The molecule has 0 atom stereocenters. The van der Waals surface area contributed by atoms with Gasteiger partial charge in [-0.1, -0.05) is 36.4 Å². The van der Waals surface area contributed by atoms with E-state index in [0.717, 1.165) is 16.9 Å². The van der Waals surface area contributed by atoms with Crippen molar-refractivity contribution in [3.63, 3.8) is 0 Å². The lowest BCUT2D eigenvalue weighted by Crippen LogP contribution is -2.11. The number of hydrogen-bond donors (Lipinski definition) is 0. The van der Waals surface area contributed by atoms with Gasteiger partial charge in [-0.05, 0) is 54.5 Å². The first kappa shape index (κ1) is 22.9. The van der Waals surface area contributed by atoms with Crippen molar-refractivity contribution in [1.82, 2.24) is 0 Å². The molecule has 34 heavy (non-hydrogen) atoms. The lowest BCUT2D eigenvalue weighted by molar-refractivity contribution is -0.129. The monoisotopic (exact) mass is 459 g/mol. The summed E-state index contributed by atoms with van der Waals surface area (Å²) in [5.41, 5.74) is 2.62. The first-order valence-corrected chi connectivity index (χ1v) is 10.7. The second-order valence-corrected chi connectivity index (χ2v) is 7.42. The summed E-state index contributed by atoms with van der Waals surface area (Å²) in [6.07, 6.45) is 1.62. The number of aryl methyl sites for hydroxylation is 1. The van der Waals surface area contributed by atoms with Crippen LogP contribution >= 0.6 is 0 Å². The smallest absolute Gasteiger partial charge is 0.363 e. The Labute approximate surface area is 198 Å². The molecule has 0 saturated heterocycles. The standard InChI is InChI=1S/C27H25NO6/c1-18-9-7-8-12-22(18)32-13-14-33-25-23(30-2)16-19(17-24(25)31-3)15-21-27(29)34-26(28-21)20-10-5-4-6-11-20/h4-12,15-17H,13-14H2,1-3H3/b21-15+. The molecule has 3 aromatic rings. The molecule has 7 heteroatoms. The maximum Gasteiger partial charge on any atom is 0.363 e. The first-order valence-electron chi connectivity index (χ1n) is 10.7. The van der Waals surface area contributed by atoms with Crippen molar-refractivity contribution >= 4 is 17.9 Å². The normalized spacial score (nSPS) is 13.9. The zero-order valence-corrected chi connectivity index (χ0v) is 19.2. The summed E-state index contributed by atoms with van der Waals surface area (Å²) in [5.74, 6) is 1.92. The molecule has 0 N–H and O–H groups in total. The highest BCUT2D eigenvalue weighted by Crippen LogP contribution is 2.39. The number of benzene rings is 3. The average Bonchev–Trinajstić information content (AvgIpc) is 3.23. The van der Waals surface area contributed by atoms with Gasteiger partial charge in [-0.2, -0.15) is 0 Å². The number of ether oxygens (including phenoxy) is 5. The summed E-state index contributed by atoms with van der Waals surface area (Å²) in [7, 11) is 3.08. The number of hydrogen-bond acceptors (Lipinski definition) is 7. The number of carbonyl (C=O) groups is 1. The van der Waals surface area contributed by atoms with Crippen LogP contribution in [0.25, 0.3) is 6.08 Å². The molecule has 0 aliphatic carbocycles. The van der Waals surface area contributed by atoms with Gasteiger partial charge in [0.15, 0.2) is 17.2 Å². The zero-order valence-electron chi connectivity index (χ0n) is 19.2. The van der Waals surface area contributed by atoms with Gasteiger partial charge >= 0.3 is 5.97 Å². The third-order valence-corrected chi connectivity index (χ3v) is 5.11. The van der Waals surface area contributed by atoms with Crippen LogP contribution in [0.15, 0.2) is 77.4 Å². The highest BCUT2D eigenvalue weighted by Gasteiger charge is 2.24. The van der Waals surface area contributed by atoms with Gasteiger partial charge < -0.3 is 23.7 Å². The van der Waals surface area contributed by atoms with E-state index in [4.69, 9.17) is 23.7 Å². The summed E-state index contributed by atoms with van der Waals surface area (Å²) in [6.45, 7) is 2.63. The molecule has 0 fully saturated rings. The zero-order chi connectivity index (χ0) is 23.9. The number of aliphatic imine (C=N–C) groups is 1. The van der Waals surface area contributed by atoms with Crippen molar-refractivity contribution in [2.75, 3.05) is 27.4 Å². The highest BCUT2D eigenvalue weighted by atomic mass is 16.6. The summed E-state index contributed by atoms with van der Waals surface area (Å²) >= 11 is 0. The average molecular weight is 459 g/mol. The van der Waals surface area contributed by atoms with Gasteiger partial charge in [0.2, 0.25) is 11.6 Å². The van der Waals surface area contributed by atoms with E-state index in [1.807, 2.05) is 61.5 Å². The van der Waals surface area contributed by atoms with Gasteiger partial charge in [-0.15, -0.1) is 0 Å². The Hall–Kier alpha value is -4.26. The Morgan fingerprint density at radius 3 is 2.18 bits per heavy atom. The van der Waals surface area contributed by atoms with Crippen LogP contribution in [0.2, 0.25) is 0 Å². The van der Waals surface area contributed by atoms with Crippen LogP contribution in [-0.2, 0) is 9.53 Å². The maximum atomic E-state index is 12.3. The van der Waals surface area contributed by atoms with Crippen LogP contribution in [-0.4, -0.2) is 39.3 Å². The van der Waals surface area contributed by atoms with Gasteiger partial charge in [-0.3, -0.25) is 0 Å². The van der Waals surface area contributed by atoms with Gasteiger partial charge in [-0.25, -0.2) is 9.79 Å². The van der Waals surface area contributed by atoms with Crippen molar-refractivity contribution in [2.45, 2.75) is 6.92 Å². The number of esters is 1. The fourth-order valence-corrected chi connectivity index (χ4v) is 3.41. The van der Waals surface area contributed by atoms with Crippen LogP contribution in [0.1, 0.15) is 16.7 Å². The van der Waals surface area contributed by atoms with Crippen molar-refractivity contribution in [1.29, 1.82) is 0 Å². The Balaban J connectivity index is 1.51. The number of carbonyl (C=O) groups excluding carboxylic acids is 1. The Morgan fingerprint density at radius 2 is 1.50 bits per heavy atom. The molecular weight excluding hydrogens is 434 g/mol. The fourth-order valence-electron chi connectivity index (χ4n) is 3.41. The van der Waals surface area contributed by atoms with Gasteiger partial charge in [0.05, 0.1) is 14.2 Å². The number of cyclic esters (lactones) is 1. The quantitative estimate of drug-likeness (QED) is 0.260. The molecule has 174 valence electrons. The predicted molar refractivity (Wildman–Crippen MR) is 129 cm³/mol. The second-order valence-electron chi connectivity index (χ2n) is 7.42. The number of methoxy groups -OCH3 is 2.